The van der Waals surface area contributed by atoms with Crippen molar-refractivity contribution in [1.82, 2.24) is 9.47 Å². The lowest BCUT2D eigenvalue weighted by molar-refractivity contribution is 0.251. The highest BCUT2D eigenvalue weighted by Crippen LogP contribution is 2.24. The Bertz CT molecular complexity index is 1260. The van der Waals surface area contributed by atoms with Crippen molar-refractivity contribution in [1.29, 1.82) is 0 Å². The van der Waals surface area contributed by atoms with Gasteiger partial charge in [-0.3, -0.25) is 9.47 Å². The third-order valence-corrected chi connectivity index (χ3v) is 6.45. The molecule has 1 saturated heterocycles. The van der Waals surface area contributed by atoms with Gasteiger partial charge < -0.3 is 9.32 Å². The number of fused-ring (bicyclic) bond motifs is 1. The Kier molecular flexibility index (Phi) is 6.26. The highest BCUT2D eigenvalue weighted by atomic mass is 19.1. The van der Waals surface area contributed by atoms with E-state index in [1.165, 1.54) is 12.1 Å². The van der Waals surface area contributed by atoms with Crippen LogP contribution < -0.4 is 10.7 Å². The maximum atomic E-state index is 13.1. The summed E-state index contributed by atoms with van der Waals surface area (Å²) in [7, 11) is 0. The van der Waals surface area contributed by atoms with Crippen LogP contribution in [0.4, 0.5) is 10.1 Å². The molecular formula is C27H28FN3O2. The lowest BCUT2D eigenvalue weighted by Crippen LogP contribution is -2.46. The van der Waals surface area contributed by atoms with E-state index in [1.807, 2.05) is 48.5 Å². The third-order valence-electron chi connectivity index (χ3n) is 6.45. The molecule has 4 aromatic rings. The summed E-state index contributed by atoms with van der Waals surface area (Å²) in [5, 5.41) is 0. The third kappa shape index (κ3) is 4.86. The summed E-state index contributed by atoms with van der Waals surface area (Å²) < 4.78 is 20.4. The van der Waals surface area contributed by atoms with E-state index in [2.05, 4.69) is 21.9 Å². The highest BCUT2D eigenvalue weighted by Gasteiger charge is 2.17. The lowest BCUT2D eigenvalue weighted by atomic mass is 10.1. The second-order valence-electron chi connectivity index (χ2n) is 8.58. The Morgan fingerprint density at radius 3 is 2.27 bits per heavy atom. The van der Waals surface area contributed by atoms with E-state index in [0.29, 0.717) is 12.1 Å². The van der Waals surface area contributed by atoms with Gasteiger partial charge in [0.05, 0.1) is 5.52 Å². The molecule has 0 aliphatic carbocycles. The Hall–Kier alpha value is -3.38. The van der Waals surface area contributed by atoms with Crippen molar-refractivity contribution in [3.8, 4) is 11.1 Å². The molecule has 0 radical (unpaired) electrons. The molecule has 170 valence electrons. The molecular weight excluding hydrogens is 417 g/mol. The maximum Gasteiger partial charge on any atom is 0.419 e. The summed E-state index contributed by atoms with van der Waals surface area (Å²) in [6.07, 6.45) is 1.95. The fourth-order valence-corrected chi connectivity index (χ4v) is 4.58. The van der Waals surface area contributed by atoms with Crippen molar-refractivity contribution in [3.63, 3.8) is 0 Å². The van der Waals surface area contributed by atoms with Crippen LogP contribution in [-0.4, -0.2) is 42.2 Å². The topological polar surface area (TPSA) is 41.6 Å². The van der Waals surface area contributed by atoms with Gasteiger partial charge in [-0.25, -0.2) is 9.18 Å². The Morgan fingerprint density at radius 1 is 0.788 bits per heavy atom. The molecule has 5 rings (SSSR count). The Labute approximate surface area is 192 Å². The number of oxazole rings is 1. The SMILES string of the molecule is O=c1oc2cc(-c3ccccc3)ccc2n1CCCCN1CCN(c2ccc(F)cc2)CC1. The molecule has 1 aliphatic heterocycles. The van der Waals surface area contributed by atoms with Gasteiger partial charge in [0.25, 0.3) is 0 Å². The summed E-state index contributed by atoms with van der Waals surface area (Å²) >= 11 is 0. The van der Waals surface area contributed by atoms with Crippen LogP contribution in [0.2, 0.25) is 0 Å². The van der Waals surface area contributed by atoms with E-state index < -0.39 is 0 Å². The Morgan fingerprint density at radius 2 is 1.52 bits per heavy atom. The number of nitrogens with zero attached hydrogens (tertiary/aromatic N) is 3. The minimum atomic E-state index is -0.289. The first-order chi connectivity index (χ1) is 16.2. The summed E-state index contributed by atoms with van der Waals surface area (Å²) in [5.41, 5.74) is 4.72. The van der Waals surface area contributed by atoms with Crippen LogP contribution in [0.15, 0.2) is 82.0 Å². The van der Waals surface area contributed by atoms with E-state index >= 15 is 0 Å². The predicted octanol–water partition coefficient (Wildman–Crippen LogP) is 5.00. The molecule has 1 aliphatic rings. The standard InChI is InChI=1S/C27H28FN3O2/c28-23-9-11-24(12-10-23)30-18-16-29(17-19-30)14-4-5-15-31-25-13-8-22(20-26(25)33-27(31)32)21-6-2-1-3-7-21/h1-3,6-13,20H,4-5,14-19H2. The smallest absolute Gasteiger partial charge is 0.408 e. The van der Waals surface area contributed by atoms with Crippen LogP contribution in [0.25, 0.3) is 22.2 Å². The van der Waals surface area contributed by atoms with E-state index in [9.17, 15) is 9.18 Å². The largest absolute Gasteiger partial charge is 0.419 e. The first kappa shape index (κ1) is 21.5. The lowest BCUT2D eigenvalue weighted by Gasteiger charge is -2.36. The number of rotatable bonds is 7. The molecule has 0 bridgehead atoms. The molecule has 0 saturated carbocycles. The zero-order chi connectivity index (χ0) is 22.6. The minimum Gasteiger partial charge on any atom is -0.408 e. The maximum absolute atomic E-state index is 13.1. The average Bonchev–Trinajstić information content (AvgIpc) is 3.17. The number of hydrogen-bond acceptors (Lipinski definition) is 4. The van der Waals surface area contributed by atoms with E-state index in [-0.39, 0.29) is 11.6 Å². The van der Waals surface area contributed by atoms with Gasteiger partial charge in [0, 0.05) is 38.4 Å². The average molecular weight is 446 g/mol. The van der Waals surface area contributed by atoms with Gasteiger partial charge in [0.15, 0.2) is 5.58 Å². The molecule has 1 fully saturated rings. The zero-order valence-corrected chi connectivity index (χ0v) is 18.6. The van der Waals surface area contributed by atoms with Crippen LogP contribution >= 0.6 is 0 Å². The van der Waals surface area contributed by atoms with Crippen molar-refractivity contribution < 1.29 is 8.81 Å². The number of halogens is 1. The first-order valence-electron chi connectivity index (χ1n) is 11.6. The monoisotopic (exact) mass is 445 g/mol. The highest BCUT2D eigenvalue weighted by molar-refractivity contribution is 5.80. The van der Waals surface area contributed by atoms with Gasteiger partial charge >= 0.3 is 5.76 Å². The van der Waals surface area contributed by atoms with Gasteiger partial charge in [0.2, 0.25) is 0 Å². The molecule has 0 N–H and O–H groups in total. The molecule has 0 atom stereocenters. The van der Waals surface area contributed by atoms with E-state index in [0.717, 1.165) is 67.9 Å². The molecule has 2 heterocycles. The molecule has 0 amide bonds. The molecule has 3 aromatic carbocycles. The predicted molar refractivity (Wildman–Crippen MR) is 130 cm³/mol. The van der Waals surface area contributed by atoms with Gasteiger partial charge in [0.1, 0.15) is 5.82 Å². The number of aryl methyl sites for hydroxylation is 1. The van der Waals surface area contributed by atoms with Crippen molar-refractivity contribution in [2.45, 2.75) is 19.4 Å². The van der Waals surface area contributed by atoms with Crippen LogP contribution in [0.1, 0.15) is 12.8 Å². The van der Waals surface area contributed by atoms with Crippen molar-refractivity contribution >= 4 is 16.8 Å². The molecule has 5 nitrogen and oxygen atoms in total. The summed E-state index contributed by atoms with van der Waals surface area (Å²) in [6, 6.07) is 22.8. The second kappa shape index (κ2) is 9.63. The number of benzene rings is 3. The zero-order valence-electron chi connectivity index (χ0n) is 18.6. The minimum absolute atomic E-state index is 0.196. The number of anilines is 1. The fraction of sp³-hybridized carbons (Fsp3) is 0.296. The summed E-state index contributed by atoms with van der Waals surface area (Å²) in [5.74, 6) is -0.485. The summed E-state index contributed by atoms with van der Waals surface area (Å²) in [6.45, 7) is 5.55. The van der Waals surface area contributed by atoms with Crippen LogP contribution in [-0.2, 0) is 6.54 Å². The second-order valence-corrected chi connectivity index (χ2v) is 8.58. The van der Waals surface area contributed by atoms with Crippen molar-refractivity contribution in [2.24, 2.45) is 0 Å². The number of piperazine rings is 1. The van der Waals surface area contributed by atoms with E-state index in [4.69, 9.17) is 4.42 Å². The first-order valence-corrected chi connectivity index (χ1v) is 11.6. The molecule has 6 heteroatoms. The number of aromatic nitrogens is 1. The van der Waals surface area contributed by atoms with Crippen LogP contribution in [0, 0.1) is 5.82 Å². The quantitative estimate of drug-likeness (QED) is 0.375. The molecule has 1 aromatic heterocycles. The molecule has 0 unspecified atom stereocenters. The van der Waals surface area contributed by atoms with Crippen LogP contribution in [0.5, 0.6) is 0 Å². The van der Waals surface area contributed by atoms with Gasteiger partial charge in [-0.15, -0.1) is 0 Å². The van der Waals surface area contributed by atoms with Crippen molar-refractivity contribution in [3.05, 3.63) is 89.2 Å². The van der Waals surface area contributed by atoms with E-state index in [1.54, 1.807) is 4.57 Å². The molecule has 33 heavy (non-hydrogen) atoms. The normalized spacial score (nSPS) is 14.8. The fourth-order valence-electron chi connectivity index (χ4n) is 4.58. The molecule has 0 spiro atoms. The number of hydrogen-bond donors (Lipinski definition) is 0. The van der Waals surface area contributed by atoms with Gasteiger partial charge in [-0.2, -0.15) is 0 Å². The van der Waals surface area contributed by atoms with Crippen LogP contribution in [0.3, 0.4) is 0 Å². The number of unbranched alkanes of at least 4 members (excludes halogenated alkanes) is 1. The van der Waals surface area contributed by atoms with Crippen molar-refractivity contribution in [2.75, 3.05) is 37.6 Å². The Balaban J connectivity index is 1.13. The van der Waals surface area contributed by atoms with Gasteiger partial charge in [-0.05, 0) is 66.9 Å². The van der Waals surface area contributed by atoms with Gasteiger partial charge in [-0.1, -0.05) is 36.4 Å². The summed E-state index contributed by atoms with van der Waals surface area (Å²) in [4.78, 5) is 17.2.